The minimum Gasteiger partial charge on any atom is -0.530 e. The zero-order chi connectivity index (χ0) is 34.4. The van der Waals surface area contributed by atoms with Gasteiger partial charge < -0.3 is 9.31 Å². The van der Waals surface area contributed by atoms with E-state index in [1.807, 2.05) is 0 Å². The molecule has 1 atom stereocenters. The summed E-state index contributed by atoms with van der Waals surface area (Å²) >= 11 is 0. The first-order valence-electron chi connectivity index (χ1n) is 12.5. The van der Waals surface area contributed by atoms with Crippen molar-refractivity contribution in [2.45, 2.75) is 6.10 Å². The summed E-state index contributed by atoms with van der Waals surface area (Å²) < 4.78 is 230. The van der Waals surface area contributed by atoms with Crippen molar-refractivity contribution in [3.63, 3.8) is 0 Å². The summed E-state index contributed by atoms with van der Waals surface area (Å²) in [6.45, 7) is 0. The molecule has 0 aliphatic heterocycles. The summed E-state index contributed by atoms with van der Waals surface area (Å²) in [6.07, 6.45) is -2.68. The number of hydrogen-bond acceptors (Lipinski definition) is 2. The van der Waals surface area contributed by atoms with Crippen LogP contribution >= 0.6 is 0 Å². The van der Waals surface area contributed by atoms with Gasteiger partial charge in [0.05, 0.1) is 16.3 Å². The molecule has 0 amide bonds. The standard InChI is InChI=1S/C29H6BF15O2/c31-8-3-1-2-6-10(8)16(34)26(44)28(6)46-30(47-29-7-4-5-9(32)15(33)11(7)17(35)25(43)27(29)45)14-12-13(19(37)22(40)21(14)39)20(38)24(42)23(41)18(12)36/h1-5,28H. The van der Waals surface area contributed by atoms with Crippen LogP contribution in [0, 0.1) is 75.6 Å². The van der Waals surface area contributed by atoms with Crippen LogP contribution in [0.2, 0.25) is 0 Å². The van der Waals surface area contributed by atoms with Crippen LogP contribution in [-0.2, 0) is 4.65 Å². The Bertz CT molecular complexity index is 2230. The molecule has 0 bridgehead atoms. The maximum absolute atomic E-state index is 15.5. The molecular formula is C29H6BF15O2. The molecule has 242 valence electrons. The van der Waals surface area contributed by atoms with E-state index in [1.165, 1.54) is 0 Å². The molecule has 0 heterocycles. The Labute approximate surface area is 250 Å². The van der Waals surface area contributed by atoms with Crippen LogP contribution in [0.5, 0.6) is 5.75 Å². The molecule has 0 radical (unpaired) electrons. The molecule has 1 unspecified atom stereocenters. The largest absolute Gasteiger partial charge is 0.567 e. The molecule has 0 fully saturated rings. The number of hydrogen-bond donors (Lipinski definition) is 0. The van der Waals surface area contributed by atoms with E-state index in [0.29, 0.717) is 12.1 Å². The molecule has 18 heteroatoms. The third-order valence-corrected chi connectivity index (χ3v) is 7.23. The normalized spacial score (nSPS) is 14.5. The molecule has 0 saturated carbocycles. The number of rotatable bonds is 5. The van der Waals surface area contributed by atoms with Gasteiger partial charge in [-0.25, -0.2) is 61.5 Å². The molecular weight excluding hydrogens is 676 g/mol. The lowest BCUT2D eigenvalue weighted by molar-refractivity contribution is 0.187. The van der Waals surface area contributed by atoms with Gasteiger partial charge in [-0.3, -0.25) is 0 Å². The minimum absolute atomic E-state index is 0.200. The van der Waals surface area contributed by atoms with E-state index in [9.17, 15) is 48.3 Å². The maximum atomic E-state index is 15.5. The van der Waals surface area contributed by atoms with E-state index < -0.39 is 144 Å². The molecule has 1 aliphatic carbocycles. The monoisotopic (exact) mass is 682 g/mol. The number of benzene rings is 5. The Morgan fingerprint density at radius 1 is 0.489 bits per heavy atom. The van der Waals surface area contributed by atoms with Crippen LogP contribution in [0.15, 0.2) is 36.2 Å². The van der Waals surface area contributed by atoms with E-state index in [1.54, 1.807) is 0 Å². The van der Waals surface area contributed by atoms with E-state index in [-0.39, 0.29) is 6.07 Å². The molecule has 0 aromatic heterocycles. The summed E-state index contributed by atoms with van der Waals surface area (Å²) in [4.78, 5) is 0. The molecule has 0 spiro atoms. The Morgan fingerprint density at radius 3 is 1.68 bits per heavy atom. The molecule has 6 rings (SSSR count). The van der Waals surface area contributed by atoms with Crippen molar-refractivity contribution in [3.05, 3.63) is 123 Å². The average molecular weight is 682 g/mol. The van der Waals surface area contributed by atoms with Crippen LogP contribution in [-0.4, -0.2) is 7.12 Å². The van der Waals surface area contributed by atoms with Crippen LogP contribution in [0.3, 0.4) is 0 Å². The van der Waals surface area contributed by atoms with Gasteiger partial charge in [0.2, 0.25) is 5.82 Å². The first-order valence-corrected chi connectivity index (χ1v) is 12.5. The second-order valence-corrected chi connectivity index (χ2v) is 9.75. The lowest BCUT2D eigenvalue weighted by Crippen LogP contribution is -2.45. The first-order chi connectivity index (χ1) is 22.1. The summed E-state index contributed by atoms with van der Waals surface area (Å²) in [5.74, 6) is -37.9. The van der Waals surface area contributed by atoms with Crippen molar-refractivity contribution in [2.75, 3.05) is 0 Å². The Morgan fingerprint density at radius 2 is 1.04 bits per heavy atom. The quantitative estimate of drug-likeness (QED) is 0.0798. The number of fused-ring (bicyclic) bond motifs is 3. The molecule has 0 saturated heterocycles. The van der Waals surface area contributed by atoms with Crippen LogP contribution in [0.4, 0.5) is 65.9 Å². The molecule has 0 N–H and O–H groups in total. The summed E-state index contributed by atoms with van der Waals surface area (Å²) in [5, 5.41) is -7.22. The smallest absolute Gasteiger partial charge is 0.530 e. The fourth-order valence-electron chi connectivity index (χ4n) is 5.12. The van der Waals surface area contributed by atoms with Crippen LogP contribution in [0.1, 0.15) is 17.2 Å². The van der Waals surface area contributed by atoms with E-state index in [4.69, 9.17) is 9.31 Å². The van der Waals surface area contributed by atoms with Crippen molar-refractivity contribution in [1.82, 2.24) is 0 Å². The van der Waals surface area contributed by atoms with Crippen molar-refractivity contribution in [2.24, 2.45) is 0 Å². The van der Waals surface area contributed by atoms with Crippen LogP contribution < -0.4 is 10.1 Å². The Balaban J connectivity index is 1.70. The van der Waals surface area contributed by atoms with E-state index >= 15 is 17.6 Å². The van der Waals surface area contributed by atoms with Crippen molar-refractivity contribution < 1.29 is 75.2 Å². The SMILES string of the molecule is FC1=C(F)C(OB(Oc2c(F)c(F)c(F)c3c(F)c(F)ccc23)c2c(F)c(F)c(F)c3c(F)c(F)c(F)c(F)c23)c2cccc(F)c21. The van der Waals surface area contributed by atoms with Gasteiger partial charge in [-0.05, 0) is 23.8 Å². The summed E-state index contributed by atoms with van der Waals surface area (Å²) in [7, 11) is -3.39. The van der Waals surface area contributed by atoms with Gasteiger partial charge in [0, 0.05) is 16.2 Å². The van der Waals surface area contributed by atoms with Crippen LogP contribution in [0.25, 0.3) is 27.4 Å². The highest BCUT2D eigenvalue weighted by Gasteiger charge is 2.45. The second-order valence-electron chi connectivity index (χ2n) is 9.75. The molecule has 5 aromatic rings. The maximum Gasteiger partial charge on any atom is 0.567 e. The second kappa shape index (κ2) is 11.1. The van der Waals surface area contributed by atoms with Gasteiger partial charge >= 0.3 is 7.12 Å². The zero-order valence-corrected chi connectivity index (χ0v) is 22.0. The summed E-state index contributed by atoms with van der Waals surface area (Å²) in [5.41, 5.74) is -4.06. The first kappa shape index (κ1) is 32.1. The lowest BCUT2D eigenvalue weighted by Gasteiger charge is -2.24. The topological polar surface area (TPSA) is 18.5 Å². The van der Waals surface area contributed by atoms with Crippen molar-refractivity contribution in [3.8, 4) is 5.75 Å². The predicted octanol–water partition coefficient (Wildman–Crippen LogP) is 8.95. The Kier molecular flexibility index (Phi) is 7.60. The van der Waals surface area contributed by atoms with Gasteiger partial charge in [0.25, 0.3) is 0 Å². The molecule has 5 aromatic carbocycles. The van der Waals surface area contributed by atoms with Gasteiger partial charge in [-0.1, -0.05) is 12.1 Å². The highest BCUT2D eigenvalue weighted by molar-refractivity contribution is 6.65. The van der Waals surface area contributed by atoms with E-state index in [2.05, 4.69) is 0 Å². The highest BCUT2D eigenvalue weighted by atomic mass is 19.2. The van der Waals surface area contributed by atoms with Gasteiger partial charge in [0.1, 0.15) is 17.7 Å². The predicted molar refractivity (Wildman–Crippen MR) is 133 cm³/mol. The summed E-state index contributed by atoms with van der Waals surface area (Å²) in [6, 6.07) is 2.77. The van der Waals surface area contributed by atoms with Gasteiger partial charge in [0.15, 0.2) is 75.6 Å². The fourth-order valence-corrected chi connectivity index (χ4v) is 5.12. The zero-order valence-electron chi connectivity index (χ0n) is 22.0. The molecule has 2 nitrogen and oxygen atoms in total. The van der Waals surface area contributed by atoms with Gasteiger partial charge in [-0.2, -0.15) is 4.39 Å². The Hall–Kier alpha value is -4.87. The molecule has 1 aliphatic rings. The fraction of sp³-hybridized carbons (Fsp3) is 0.0345. The van der Waals surface area contributed by atoms with Gasteiger partial charge in [-0.15, -0.1) is 0 Å². The van der Waals surface area contributed by atoms with E-state index in [0.717, 1.165) is 12.1 Å². The third-order valence-electron chi connectivity index (χ3n) is 7.23. The highest BCUT2D eigenvalue weighted by Crippen LogP contribution is 2.46. The van der Waals surface area contributed by atoms with Crippen molar-refractivity contribution in [1.29, 1.82) is 0 Å². The van der Waals surface area contributed by atoms with Crippen molar-refractivity contribution >= 4 is 40.0 Å². The average Bonchev–Trinajstić information content (AvgIpc) is 3.28. The third kappa shape index (κ3) is 4.51. The number of halogens is 15. The molecule has 47 heavy (non-hydrogen) atoms. The minimum atomic E-state index is -3.39. The lowest BCUT2D eigenvalue weighted by atomic mass is 9.74.